The fraction of sp³-hybridized carbons (Fsp3) is 0.385. The highest BCUT2D eigenvalue weighted by atomic mass is 19.1. The van der Waals surface area contributed by atoms with E-state index in [4.69, 9.17) is 0 Å². The highest BCUT2D eigenvalue weighted by molar-refractivity contribution is 5.90. The van der Waals surface area contributed by atoms with Crippen LogP contribution in [0, 0.1) is 11.7 Å². The number of aromatic nitrogens is 3. The molecule has 8 nitrogen and oxygen atoms in total. The van der Waals surface area contributed by atoms with Gasteiger partial charge in [-0.2, -0.15) is 0 Å². The Morgan fingerprint density at radius 1 is 1.31 bits per heavy atom. The van der Waals surface area contributed by atoms with Gasteiger partial charge in [-0.3, -0.25) is 14.4 Å². The van der Waals surface area contributed by atoms with Gasteiger partial charge in [0.2, 0.25) is 11.8 Å². The highest BCUT2D eigenvalue weighted by Crippen LogP contribution is 2.34. The number of pyridine rings is 1. The molecule has 2 aromatic heterocycles. The number of hydrogen-bond donors (Lipinski definition) is 2. The lowest BCUT2D eigenvalue weighted by Gasteiger charge is -2.08. The highest BCUT2D eigenvalue weighted by Gasteiger charge is 2.23. The number of unbranched alkanes of at least 4 members (excludes halogenated alkanes) is 1. The Morgan fingerprint density at radius 3 is 2.86 bits per heavy atom. The molecule has 9 heteroatoms. The van der Waals surface area contributed by atoms with E-state index >= 15 is 0 Å². The van der Waals surface area contributed by atoms with Crippen molar-refractivity contribution in [1.82, 2.24) is 19.4 Å². The molecule has 2 heterocycles. The third-order valence-electron chi connectivity index (χ3n) is 5.98. The summed E-state index contributed by atoms with van der Waals surface area (Å²) in [4.78, 5) is 46.0. The van der Waals surface area contributed by atoms with Gasteiger partial charge in [-0.1, -0.05) is 6.08 Å². The van der Waals surface area contributed by atoms with E-state index in [2.05, 4.69) is 15.3 Å². The number of rotatable bonds is 10. The maximum absolute atomic E-state index is 14.1. The van der Waals surface area contributed by atoms with Gasteiger partial charge < -0.3 is 19.8 Å². The Kier molecular flexibility index (Phi) is 7.43. The van der Waals surface area contributed by atoms with E-state index in [1.165, 1.54) is 21.6 Å². The second kappa shape index (κ2) is 10.7. The number of anilines is 1. The molecule has 0 radical (unpaired) electrons. The molecular formula is C26H30FN5O3. The molecule has 0 unspecified atom stereocenters. The number of H-pyrrole nitrogens is 1. The van der Waals surface area contributed by atoms with E-state index in [0.29, 0.717) is 30.1 Å². The number of nitrogens with zero attached hydrogens (tertiary/aromatic N) is 3. The topological polar surface area (TPSA) is 100 Å². The van der Waals surface area contributed by atoms with Crippen molar-refractivity contribution < 1.29 is 14.0 Å². The van der Waals surface area contributed by atoms with Crippen molar-refractivity contribution in [2.75, 3.05) is 19.4 Å². The third kappa shape index (κ3) is 6.44. The Balaban J connectivity index is 1.39. The van der Waals surface area contributed by atoms with Crippen molar-refractivity contribution in [1.29, 1.82) is 0 Å². The summed E-state index contributed by atoms with van der Waals surface area (Å²) in [7, 11) is 3.35. The summed E-state index contributed by atoms with van der Waals surface area (Å²) in [5, 5.41) is 2.67. The van der Waals surface area contributed by atoms with Crippen LogP contribution < -0.4 is 10.9 Å². The molecule has 1 fully saturated rings. The standard InChI is InChI=1S/C26H30FN5O3/c1-31(2)24(34)9-5-3-4-8-23(33)29-20-7-6-12-32(26(20)35)16-22-28-21-15-19(27)14-18(25(21)30-22)13-17-10-11-17/h5-7,9,12,14-15,17H,3-4,8,10-11,13,16H2,1-2H3,(H,28,30)(H,29,33)/b9-5+. The van der Waals surface area contributed by atoms with Crippen molar-refractivity contribution in [3.05, 3.63) is 70.2 Å². The number of allylic oxidation sites excluding steroid dienone is 1. The summed E-state index contributed by atoms with van der Waals surface area (Å²) in [5.41, 5.74) is 2.09. The predicted octanol–water partition coefficient (Wildman–Crippen LogP) is 3.62. The number of carbonyl (C=O) groups excluding carboxylic acids is 2. The van der Waals surface area contributed by atoms with Gasteiger partial charge in [0.25, 0.3) is 5.56 Å². The van der Waals surface area contributed by atoms with Crippen LogP contribution in [0.15, 0.2) is 47.4 Å². The average molecular weight is 480 g/mol. The fourth-order valence-electron chi connectivity index (χ4n) is 3.91. The van der Waals surface area contributed by atoms with Gasteiger partial charge in [0.05, 0.1) is 17.6 Å². The van der Waals surface area contributed by atoms with Gasteiger partial charge in [0.15, 0.2) is 0 Å². The molecule has 1 saturated carbocycles. The smallest absolute Gasteiger partial charge is 0.274 e. The van der Waals surface area contributed by atoms with E-state index < -0.39 is 0 Å². The monoisotopic (exact) mass is 479 g/mol. The molecule has 1 aliphatic rings. The molecule has 0 saturated heterocycles. The van der Waals surface area contributed by atoms with E-state index in [0.717, 1.165) is 30.3 Å². The van der Waals surface area contributed by atoms with Gasteiger partial charge in [-0.15, -0.1) is 0 Å². The Morgan fingerprint density at radius 2 is 2.11 bits per heavy atom. The number of halogens is 1. The quantitative estimate of drug-likeness (QED) is 0.343. The van der Waals surface area contributed by atoms with Crippen LogP contribution in [0.25, 0.3) is 11.0 Å². The van der Waals surface area contributed by atoms with Gasteiger partial charge in [-0.25, -0.2) is 9.37 Å². The Labute approximate surface area is 202 Å². The molecule has 4 rings (SSSR count). The van der Waals surface area contributed by atoms with Gasteiger partial charge in [0.1, 0.15) is 17.3 Å². The molecule has 0 atom stereocenters. The molecule has 0 spiro atoms. The zero-order valence-corrected chi connectivity index (χ0v) is 20.0. The van der Waals surface area contributed by atoms with Crippen LogP contribution in [0.1, 0.15) is 43.5 Å². The third-order valence-corrected chi connectivity index (χ3v) is 5.98. The molecule has 1 aliphatic carbocycles. The lowest BCUT2D eigenvalue weighted by Crippen LogP contribution is -2.26. The first-order valence-electron chi connectivity index (χ1n) is 11.8. The minimum atomic E-state index is -0.345. The van der Waals surface area contributed by atoms with E-state index in [-0.39, 0.29) is 41.8 Å². The summed E-state index contributed by atoms with van der Waals surface area (Å²) >= 11 is 0. The van der Waals surface area contributed by atoms with Crippen molar-refractivity contribution in [3.8, 4) is 0 Å². The summed E-state index contributed by atoms with van der Waals surface area (Å²) in [5.74, 6) is 0.473. The summed E-state index contributed by atoms with van der Waals surface area (Å²) in [6, 6.07) is 6.22. The molecule has 0 bridgehead atoms. The van der Waals surface area contributed by atoms with Crippen LogP contribution in [-0.2, 0) is 22.6 Å². The van der Waals surface area contributed by atoms with Crippen molar-refractivity contribution in [2.24, 2.45) is 5.92 Å². The summed E-state index contributed by atoms with van der Waals surface area (Å²) < 4.78 is 15.5. The zero-order valence-electron chi connectivity index (χ0n) is 20.0. The normalized spacial score (nSPS) is 13.5. The van der Waals surface area contributed by atoms with E-state index in [9.17, 15) is 18.8 Å². The van der Waals surface area contributed by atoms with E-state index in [1.54, 1.807) is 44.6 Å². The largest absolute Gasteiger partial charge is 0.345 e. The minimum absolute atomic E-state index is 0.104. The summed E-state index contributed by atoms with van der Waals surface area (Å²) in [6.45, 7) is 0.173. The number of likely N-dealkylation sites (N-methyl/N-ethyl adjacent to an activating group) is 1. The fourth-order valence-corrected chi connectivity index (χ4v) is 3.91. The Hall–Kier alpha value is -3.75. The van der Waals surface area contributed by atoms with Gasteiger partial charge >= 0.3 is 0 Å². The number of amides is 2. The van der Waals surface area contributed by atoms with Crippen LogP contribution in [0.5, 0.6) is 0 Å². The Bertz CT molecular complexity index is 1320. The zero-order chi connectivity index (χ0) is 24.9. The second-order valence-electron chi connectivity index (χ2n) is 9.22. The number of benzene rings is 1. The van der Waals surface area contributed by atoms with Crippen molar-refractivity contribution in [2.45, 2.75) is 45.1 Å². The molecule has 1 aromatic carbocycles. The maximum atomic E-state index is 14.1. The molecule has 184 valence electrons. The van der Waals surface area contributed by atoms with Crippen LogP contribution >= 0.6 is 0 Å². The van der Waals surface area contributed by atoms with E-state index in [1.807, 2.05) is 0 Å². The molecule has 3 aromatic rings. The average Bonchev–Trinajstić information content (AvgIpc) is 3.53. The molecule has 35 heavy (non-hydrogen) atoms. The van der Waals surface area contributed by atoms with Gasteiger partial charge in [-0.05, 0) is 73.9 Å². The predicted molar refractivity (Wildman–Crippen MR) is 133 cm³/mol. The minimum Gasteiger partial charge on any atom is -0.345 e. The molecule has 2 N–H and O–H groups in total. The SMILES string of the molecule is CN(C)C(=O)/C=C/CCCC(=O)Nc1cccn(Cc2nc3c(CC4CC4)cc(F)cc3[nH]2)c1=O. The first-order chi connectivity index (χ1) is 16.8. The molecule has 2 amide bonds. The first-order valence-corrected chi connectivity index (χ1v) is 11.8. The lowest BCUT2D eigenvalue weighted by atomic mass is 10.1. The molecular weight excluding hydrogens is 449 g/mol. The maximum Gasteiger partial charge on any atom is 0.274 e. The second-order valence-corrected chi connectivity index (χ2v) is 9.22. The number of aromatic amines is 1. The lowest BCUT2D eigenvalue weighted by molar-refractivity contribution is -0.123. The summed E-state index contributed by atoms with van der Waals surface area (Å²) in [6.07, 6.45) is 9.35. The van der Waals surface area contributed by atoms with Crippen molar-refractivity contribution >= 4 is 28.5 Å². The number of hydrogen-bond acceptors (Lipinski definition) is 4. The van der Waals surface area contributed by atoms with Crippen molar-refractivity contribution in [3.63, 3.8) is 0 Å². The molecule has 0 aliphatic heterocycles. The number of imidazole rings is 1. The first kappa shape index (κ1) is 24.4. The van der Waals surface area contributed by atoms with Gasteiger partial charge in [0, 0.05) is 26.7 Å². The number of carbonyl (C=O) groups is 2. The van der Waals surface area contributed by atoms with Crippen LogP contribution in [0.4, 0.5) is 10.1 Å². The van der Waals surface area contributed by atoms with Crippen LogP contribution in [0.3, 0.4) is 0 Å². The van der Waals surface area contributed by atoms with Crippen LogP contribution in [-0.4, -0.2) is 45.3 Å². The number of nitrogens with one attached hydrogen (secondary N) is 2. The number of fused-ring (bicyclic) bond motifs is 1. The van der Waals surface area contributed by atoms with Crippen LogP contribution in [0.2, 0.25) is 0 Å².